The molecule has 1 heterocycles. The van der Waals surface area contributed by atoms with Crippen molar-refractivity contribution in [1.29, 1.82) is 0 Å². The Kier molecular flexibility index (Phi) is 4.26. The molecule has 0 spiro atoms. The maximum atomic E-state index is 13.4. The van der Waals surface area contributed by atoms with Gasteiger partial charge < -0.3 is 0 Å². The lowest BCUT2D eigenvalue weighted by atomic mass is 10.0. The second-order valence-electron chi connectivity index (χ2n) is 5.68. The molecule has 3 aromatic rings. The van der Waals surface area contributed by atoms with Gasteiger partial charge in [-0.05, 0) is 52.4 Å². The molecule has 1 fully saturated rings. The molecule has 2 amide bonds. The fourth-order valence-corrected chi connectivity index (χ4v) is 3.84. The zero-order valence-electron chi connectivity index (χ0n) is 13.3. The van der Waals surface area contributed by atoms with Gasteiger partial charge in [0.15, 0.2) is 0 Å². The molecule has 4 rings (SSSR count). The molecular formula is C20H11ClFNO2S. The van der Waals surface area contributed by atoms with Crippen LogP contribution in [0.15, 0.2) is 65.6 Å². The summed E-state index contributed by atoms with van der Waals surface area (Å²) >= 11 is 6.63. The number of thioether (sulfide) groups is 1. The Morgan fingerprint density at radius 2 is 1.77 bits per heavy atom. The molecule has 0 aliphatic carbocycles. The molecular weight excluding hydrogens is 373 g/mol. The highest BCUT2D eigenvalue weighted by atomic mass is 35.5. The highest BCUT2D eigenvalue weighted by molar-refractivity contribution is 8.19. The van der Waals surface area contributed by atoms with Crippen molar-refractivity contribution >= 4 is 57.0 Å². The van der Waals surface area contributed by atoms with Gasteiger partial charge in [0.05, 0.1) is 15.6 Å². The summed E-state index contributed by atoms with van der Waals surface area (Å²) in [6, 6.07) is 17.4. The Balaban J connectivity index is 1.75. The van der Waals surface area contributed by atoms with Gasteiger partial charge in [-0.3, -0.25) is 9.59 Å². The highest BCUT2D eigenvalue weighted by Gasteiger charge is 2.36. The van der Waals surface area contributed by atoms with Gasteiger partial charge in [0.2, 0.25) is 0 Å². The van der Waals surface area contributed by atoms with Gasteiger partial charge >= 0.3 is 0 Å². The largest absolute Gasteiger partial charge is 0.298 e. The number of hydrogen-bond acceptors (Lipinski definition) is 3. The third kappa shape index (κ3) is 2.89. The molecule has 3 aromatic carbocycles. The number of rotatable bonds is 2. The van der Waals surface area contributed by atoms with E-state index in [4.69, 9.17) is 11.6 Å². The van der Waals surface area contributed by atoms with E-state index < -0.39 is 17.0 Å². The Hall–Kier alpha value is -2.63. The van der Waals surface area contributed by atoms with Crippen LogP contribution in [0.3, 0.4) is 0 Å². The lowest BCUT2D eigenvalue weighted by molar-refractivity contribution is -0.113. The van der Waals surface area contributed by atoms with Crippen LogP contribution < -0.4 is 4.90 Å². The van der Waals surface area contributed by atoms with Crippen LogP contribution in [0.4, 0.5) is 14.9 Å². The molecule has 0 unspecified atom stereocenters. The van der Waals surface area contributed by atoms with E-state index in [0.717, 1.165) is 39.1 Å². The van der Waals surface area contributed by atoms with E-state index in [1.807, 2.05) is 42.5 Å². The van der Waals surface area contributed by atoms with Gasteiger partial charge in [0, 0.05) is 0 Å². The Morgan fingerprint density at radius 1 is 1.00 bits per heavy atom. The first-order valence-corrected chi connectivity index (χ1v) is 8.95. The summed E-state index contributed by atoms with van der Waals surface area (Å²) < 4.78 is 13.4. The predicted molar refractivity (Wildman–Crippen MR) is 104 cm³/mol. The third-order valence-corrected chi connectivity index (χ3v) is 5.22. The quantitative estimate of drug-likeness (QED) is 0.519. The van der Waals surface area contributed by atoms with Gasteiger partial charge in [-0.25, -0.2) is 9.29 Å². The standard InChI is InChI=1S/C20H11ClFNO2S/c21-16-11-14(8-9-17(16)22)23-19(24)18(26-20(23)25)10-13-6-3-5-12-4-1-2-7-15(12)13/h1-11H/b18-10-. The zero-order valence-corrected chi connectivity index (χ0v) is 14.9. The molecule has 0 saturated carbocycles. The first-order chi connectivity index (χ1) is 12.5. The van der Waals surface area contributed by atoms with Crippen molar-refractivity contribution in [2.24, 2.45) is 0 Å². The van der Waals surface area contributed by atoms with Crippen molar-refractivity contribution in [2.75, 3.05) is 4.90 Å². The molecule has 1 aliphatic heterocycles. The Labute approximate surface area is 158 Å². The molecule has 0 atom stereocenters. The van der Waals surface area contributed by atoms with Crippen LogP contribution in [0.1, 0.15) is 5.56 Å². The molecule has 0 radical (unpaired) electrons. The topological polar surface area (TPSA) is 37.4 Å². The molecule has 0 bridgehead atoms. The summed E-state index contributed by atoms with van der Waals surface area (Å²) in [4.78, 5) is 26.4. The predicted octanol–water partition coefficient (Wildman–Crippen LogP) is 5.87. The number of imide groups is 1. The monoisotopic (exact) mass is 383 g/mol. The van der Waals surface area contributed by atoms with Crippen molar-refractivity contribution in [3.05, 3.63) is 82.0 Å². The molecule has 0 aromatic heterocycles. The number of halogens is 2. The summed E-state index contributed by atoms with van der Waals surface area (Å²) in [6.07, 6.45) is 1.71. The molecule has 26 heavy (non-hydrogen) atoms. The smallest absolute Gasteiger partial charge is 0.268 e. The maximum Gasteiger partial charge on any atom is 0.298 e. The highest BCUT2D eigenvalue weighted by Crippen LogP contribution is 2.37. The zero-order chi connectivity index (χ0) is 18.3. The SMILES string of the molecule is O=C1S/C(=C\c2cccc3ccccc23)C(=O)N1c1ccc(F)c(Cl)c1. The second kappa shape index (κ2) is 6.59. The fourth-order valence-electron chi connectivity index (χ4n) is 2.83. The van der Waals surface area contributed by atoms with Gasteiger partial charge in [-0.1, -0.05) is 54.1 Å². The molecule has 3 nitrogen and oxygen atoms in total. The molecule has 0 N–H and O–H groups in total. The van der Waals surface area contributed by atoms with Crippen LogP contribution in [0.5, 0.6) is 0 Å². The lowest BCUT2D eigenvalue weighted by Crippen LogP contribution is -2.27. The average molecular weight is 384 g/mol. The number of amides is 2. The second-order valence-corrected chi connectivity index (χ2v) is 7.08. The lowest BCUT2D eigenvalue weighted by Gasteiger charge is -2.12. The fraction of sp³-hybridized carbons (Fsp3) is 0. The van der Waals surface area contributed by atoms with Crippen molar-refractivity contribution in [1.82, 2.24) is 0 Å². The number of benzene rings is 3. The van der Waals surface area contributed by atoms with Gasteiger partial charge in [0.1, 0.15) is 5.82 Å². The minimum atomic E-state index is -0.603. The normalized spacial score (nSPS) is 16.1. The molecule has 128 valence electrons. The van der Waals surface area contributed by atoms with E-state index in [1.54, 1.807) is 6.08 Å². The molecule has 1 aliphatic rings. The minimum Gasteiger partial charge on any atom is -0.268 e. The van der Waals surface area contributed by atoms with E-state index in [2.05, 4.69) is 0 Å². The Morgan fingerprint density at radius 3 is 2.58 bits per heavy atom. The third-order valence-electron chi connectivity index (χ3n) is 4.07. The van der Waals surface area contributed by atoms with Crippen molar-refractivity contribution < 1.29 is 14.0 Å². The van der Waals surface area contributed by atoms with E-state index in [0.29, 0.717) is 4.91 Å². The summed E-state index contributed by atoms with van der Waals surface area (Å²) in [5, 5.41) is 1.46. The van der Waals surface area contributed by atoms with Crippen molar-refractivity contribution in [2.45, 2.75) is 0 Å². The van der Waals surface area contributed by atoms with E-state index in [-0.39, 0.29) is 10.7 Å². The maximum absolute atomic E-state index is 13.4. The number of anilines is 1. The van der Waals surface area contributed by atoms with Crippen molar-refractivity contribution in [3.8, 4) is 0 Å². The van der Waals surface area contributed by atoms with Gasteiger partial charge in [0.25, 0.3) is 11.1 Å². The van der Waals surface area contributed by atoms with E-state index >= 15 is 0 Å². The average Bonchev–Trinajstić information content (AvgIpc) is 2.91. The van der Waals surface area contributed by atoms with Crippen LogP contribution in [-0.4, -0.2) is 11.1 Å². The van der Waals surface area contributed by atoms with Crippen LogP contribution in [0.25, 0.3) is 16.8 Å². The number of fused-ring (bicyclic) bond motifs is 1. The van der Waals surface area contributed by atoms with Crippen LogP contribution in [0.2, 0.25) is 5.02 Å². The van der Waals surface area contributed by atoms with Crippen LogP contribution in [-0.2, 0) is 4.79 Å². The molecule has 6 heteroatoms. The summed E-state index contributed by atoms with van der Waals surface area (Å²) in [5.41, 5.74) is 1.10. The van der Waals surface area contributed by atoms with Gasteiger partial charge in [-0.2, -0.15) is 0 Å². The van der Waals surface area contributed by atoms with Crippen LogP contribution in [0, 0.1) is 5.82 Å². The number of nitrogens with zero attached hydrogens (tertiary/aromatic N) is 1. The number of carbonyl (C=O) groups excluding carboxylic acids is 2. The van der Waals surface area contributed by atoms with Crippen LogP contribution >= 0.6 is 23.4 Å². The van der Waals surface area contributed by atoms with Gasteiger partial charge in [-0.15, -0.1) is 0 Å². The summed E-state index contributed by atoms with van der Waals surface area (Å²) in [6.45, 7) is 0. The first-order valence-electron chi connectivity index (χ1n) is 7.75. The van der Waals surface area contributed by atoms with E-state index in [1.165, 1.54) is 12.1 Å². The Bertz CT molecular complexity index is 1090. The first kappa shape index (κ1) is 16.8. The summed E-state index contributed by atoms with van der Waals surface area (Å²) in [5.74, 6) is -1.05. The van der Waals surface area contributed by atoms with Crippen molar-refractivity contribution in [3.63, 3.8) is 0 Å². The van der Waals surface area contributed by atoms with E-state index in [9.17, 15) is 14.0 Å². The number of hydrogen-bond donors (Lipinski definition) is 0. The molecule has 1 saturated heterocycles. The number of carbonyl (C=O) groups is 2. The minimum absolute atomic E-state index is 0.139. The summed E-state index contributed by atoms with van der Waals surface area (Å²) in [7, 11) is 0.